The first-order valence-electron chi connectivity index (χ1n) is 9.80. The quantitative estimate of drug-likeness (QED) is 0.874. The summed E-state index contributed by atoms with van der Waals surface area (Å²) < 4.78 is 1.31. The van der Waals surface area contributed by atoms with E-state index in [1.807, 2.05) is 25.1 Å². The maximum atomic E-state index is 12.6. The summed E-state index contributed by atoms with van der Waals surface area (Å²) in [6.07, 6.45) is 1.45. The molecule has 3 unspecified atom stereocenters. The molecular formula is C21H30N4O2. The predicted molar refractivity (Wildman–Crippen MR) is 108 cm³/mol. The summed E-state index contributed by atoms with van der Waals surface area (Å²) in [5.74, 6) is 1.35. The van der Waals surface area contributed by atoms with Gasteiger partial charge in [-0.1, -0.05) is 32.0 Å². The van der Waals surface area contributed by atoms with E-state index in [1.54, 1.807) is 13.1 Å². The molecule has 1 amide bonds. The van der Waals surface area contributed by atoms with Crippen molar-refractivity contribution in [2.45, 2.75) is 39.7 Å². The Morgan fingerprint density at radius 2 is 1.85 bits per heavy atom. The number of aromatic nitrogens is 2. The third kappa shape index (κ3) is 4.75. The summed E-state index contributed by atoms with van der Waals surface area (Å²) in [7, 11) is 1.62. The van der Waals surface area contributed by atoms with E-state index in [-0.39, 0.29) is 23.9 Å². The highest BCUT2D eigenvalue weighted by Gasteiger charge is 2.23. The molecule has 0 radical (unpaired) electrons. The van der Waals surface area contributed by atoms with Crippen LogP contribution in [0.1, 0.15) is 32.9 Å². The zero-order valence-corrected chi connectivity index (χ0v) is 16.7. The van der Waals surface area contributed by atoms with Gasteiger partial charge in [0.05, 0.1) is 17.5 Å². The Labute approximate surface area is 160 Å². The SMILES string of the molecule is CC1CC(C)CN(CC(C)NC(=O)Cc2nn(C)c(=O)c3ccccc23)C1. The van der Waals surface area contributed by atoms with Crippen molar-refractivity contribution in [3.63, 3.8) is 0 Å². The first-order chi connectivity index (χ1) is 12.8. The standard InChI is InChI=1S/C21H30N4O2/c1-14-9-15(2)12-25(11-14)13-16(3)22-20(26)10-19-17-7-5-6-8-18(17)21(27)24(4)23-19/h5-8,14-16H,9-13H2,1-4H3,(H,22,26). The van der Waals surface area contributed by atoms with Crippen LogP contribution < -0.4 is 10.9 Å². The minimum absolute atomic E-state index is 0.0584. The van der Waals surface area contributed by atoms with Crippen LogP contribution in [-0.4, -0.2) is 46.3 Å². The zero-order valence-electron chi connectivity index (χ0n) is 16.7. The fourth-order valence-electron chi connectivity index (χ4n) is 4.36. The molecular weight excluding hydrogens is 340 g/mol. The molecule has 1 saturated heterocycles. The molecule has 3 rings (SSSR count). The molecule has 1 aromatic heterocycles. The number of benzene rings is 1. The second-order valence-corrected chi connectivity index (χ2v) is 8.23. The van der Waals surface area contributed by atoms with Gasteiger partial charge in [-0.2, -0.15) is 5.10 Å². The fraction of sp³-hybridized carbons (Fsp3) is 0.571. The van der Waals surface area contributed by atoms with Crippen molar-refractivity contribution in [1.29, 1.82) is 0 Å². The van der Waals surface area contributed by atoms with Crippen LogP contribution in [0.3, 0.4) is 0 Å². The van der Waals surface area contributed by atoms with Gasteiger partial charge in [0.15, 0.2) is 0 Å². The van der Waals surface area contributed by atoms with Gasteiger partial charge in [-0.25, -0.2) is 4.68 Å². The van der Waals surface area contributed by atoms with Crippen LogP contribution in [0.5, 0.6) is 0 Å². The summed E-state index contributed by atoms with van der Waals surface area (Å²) in [5, 5.41) is 8.76. The van der Waals surface area contributed by atoms with Crippen LogP contribution in [-0.2, 0) is 18.3 Å². The van der Waals surface area contributed by atoms with Crippen molar-refractivity contribution >= 4 is 16.7 Å². The molecule has 0 aliphatic carbocycles. The van der Waals surface area contributed by atoms with Crippen molar-refractivity contribution in [2.24, 2.45) is 18.9 Å². The van der Waals surface area contributed by atoms with E-state index in [9.17, 15) is 9.59 Å². The molecule has 3 atom stereocenters. The fourth-order valence-corrected chi connectivity index (χ4v) is 4.36. The average Bonchev–Trinajstić information content (AvgIpc) is 2.58. The Morgan fingerprint density at radius 3 is 2.52 bits per heavy atom. The first kappa shape index (κ1) is 19.5. The van der Waals surface area contributed by atoms with Gasteiger partial charge in [-0.05, 0) is 31.2 Å². The van der Waals surface area contributed by atoms with Crippen LogP contribution in [0.4, 0.5) is 0 Å². The molecule has 2 aromatic rings. The van der Waals surface area contributed by atoms with E-state index >= 15 is 0 Å². The largest absolute Gasteiger partial charge is 0.352 e. The van der Waals surface area contributed by atoms with Crippen LogP contribution in [0, 0.1) is 11.8 Å². The molecule has 6 heteroatoms. The second kappa shape index (κ2) is 8.21. The summed E-state index contributed by atoms with van der Waals surface area (Å²) in [6, 6.07) is 7.41. The smallest absolute Gasteiger partial charge is 0.274 e. The Balaban J connectivity index is 1.65. The van der Waals surface area contributed by atoms with Gasteiger partial charge in [-0.15, -0.1) is 0 Å². The van der Waals surface area contributed by atoms with E-state index in [0.717, 1.165) is 25.0 Å². The summed E-state index contributed by atoms with van der Waals surface area (Å²) >= 11 is 0. The lowest BCUT2D eigenvalue weighted by Crippen LogP contribution is -2.47. The van der Waals surface area contributed by atoms with Crippen molar-refractivity contribution < 1.29 is 4.79 Å². The summed E-state index contributed by atoms with van der Waals surface area (Å²) in [4.78, 5) is 27.2. The molecule has 27 heavy (non-hydrogen) atoms. The number of piperidine rings is 1. The lowest BCUT2D eigenvalue weighted by atomic mass is 9.92. The number of nitrogens with one attached hydrogen (secondary N) is 1. The number of amides is 1. The number of fused-ring (bicyclic) bond motifs is 1. The van der Waals surface area contributed by atoms with Crippen LogP contribution >= 0.6 is 0 Å². The maximum absolute atomic E-state index is 12.6. The van der Waals surface area contributed by atoms with Crippen molar-refractivity contribution in [1.82, 2.24) is 20.0 Å². The average molecular weight is 370 g/mol. The first-order valence-corrected chi connectivity index (χ1v) is 9.80. The highest BCUT2D eigenvalue weighted by Crippen LogP contribution is 2.21. The Morgan fingerprint density at radius 1 is 1.22 bits per heavy atom. The minimum Gasteiger partial charge on any atom is -0.352 e. The van der Waals surface area contributed by atoms with Gasteiger partial charge < -0.3 is 10.2 Å². The monoisotopic (exact) mass is 370 g/mol. The van der Waals surface area contributed by atoms with Crippen molar-refractivity contribution in [3.05, 3.63) is 40.3 Å². The number of carbonyl (C=O) groups is 1. The molecule has 2 heterocycles. The molecule has 1 fully saturated rings. The third-order valence-electron chi connectivity index (χ3n) is 5.24. The number of aryl methyl sites for hydroxylation is 1. The molecule has 1 aliphatic rings. The number of carbonyl (C=O) groups excluding carboxylic acids is 1. The van der Waals surface area contributed by atoms with Gasteiger partial charge in [0, 0.05) is 38.1 Å². The third-order valence-corrected chi connectivity index (χ3v) is 5.24. The van der Waals surface area contributed by atoms with Crippen LogP contribution in [0.25, 0.3) is 10.8 Å². The van der Waals surface area contributed by atoms with Crippen molar-refractivity contribution in [2.75, 3.05) is 19.6 Å². The van der Waals surface area contributed by atoms with Gasteiger partial charge in [0.1, 0.15) is 0 Å². The number of hydrogen-bond donors (Lipinski definition) is 1. The number of rotatable bonds is 5. The number of likely N-dealkylation sites (tertiary alicyclic amines) is 1. The Kier molecular flexibility index (Phi) is 5.95. The summed E-state index contributed by atoms with van der Waals surface area (Å²) in [6.45, 7) is 9.69. The van der Waals surface area contributed by atoms with Gasteiger partial charge in [0.2, 0.25) is 5.91 Å². The lowest BCUT2D eigenvalue weighted by Gasteiger charge is -2.36. The van der Waals surface area contributed by atoms with Gasteiger partial charge >= 0.3 is 0 Å². The normalized spacial score (nSPS) is 21.9. The van der Waals surface area contributed by atoms with E-state index in [2.05, 4.69) is 29.2 Å². The highest BCUT2D eigenvalue weighted by atomic mass is 16.2. The lowest BCUT2D eigenvalue weighted by molar-refractivity contribution is -0.121. The molecule has 0 spiro atoms. The Hall–Kier alpha value is -2.21. The second-order valence-electron chi connectivity index (χ2n) is 8.23. The molecule has 6 nitrogen and oxygen atoms in total. The molecule has 1 aliphatic heterocycles. The number of hydrogen-bond acceptors (Lipinski definition) is 4. The maximum Gasteiger partial charge on any atom is 0.274 e. The van der Waals surface area contributed by atoms with Gasteiger partial charge in [0.25, 0.3) is 5.56 Å². The highest BCUT2D eigenvalue weighted by molar-refractivity contribution is 5.88. The number of nitrogens with zero attached hydrogens (tertiary/aromatic N) is 3. The topological polar surface area (TPSA) is 67.2 Å². The van der Waals surface area contributed by atoms with Crippen LogP contribution in [0.2, 0.25) is 0 Å². The predicted octanol–water partition coefficient (Wildman–Crippen LogP) is 1.96. The van der Waals surface area contributed by atoms with Crippen LogP contribution in [0.15, 0.2) is 29.1 Å². The zero-order chi connectivity index (χ0) is 19.6. The van der Waals surface area contributed by atoms with E-state index in [4.69, 9.17) is 0 Å². The minimum atomic E-state index is -0.142. The van der Waals surface area contributed by atoms with Gasteiger partial charge in [-0.3, -0.25) is 9.59 Å². The van der Waals surface area contributed by atoms with E-state index in [1.165, 1.54) is 11.1 Å². The van der Waals surface area contributed by atoms with Crippen molar-refractivity contribution in [3.8, 4) is 0 Å². The van der Waals surface area contributed by atoms with E-state index < -0.39 is 0 Å². The summed E-state index contributed by atoms with van der Waals surface area (Å²) in [5.41, 5.74) is 0.495. The molecule has 146 valence electrons. The Bertz CT molecular complexity index is 866. The van der Waals surface area contributed by atoms with E-state index in [0.29, 0.717) is 22.9 Å². The molecule has 0 saturated carbocycles. The molecule has 0 bridgehead atoms. The molecule has 1 aromatic carbocycles. The molecule has 1 N–H and O–H groups in total.